The van der Waals surface area contributed by atoms with Crippen molar-refractivity contribution >= 4 is 87.4 Å². The fraction of sp³-hybridized carbons (Fsp3) is 0. The number of fused-ring (bicyclic) bond motifs is 3. The molecule has 4 heteroatoms. The molecule has 3 nitrogen and oxygen atoms in total. The van der Waals surface area contributed by atoms with Crippen LogP contribution in [-0.4, -0.2) is 9.55 Å². The van der Waals surface area contributed by atoms with Gasteiger partial charge in [-0.1, -0.05) is 113 Å². The van der Waals surface area contributed by atoms with Crippen LogP contribution in [0, 0.1) is 0 Å². The SMILES string of the molecule is Brc1cc2ccc3cc(N(c4ccc(-c5ccccc5)cc4)c4ccc5c6ccccc6n(-c6ccccc6)c5c4)cc4[nH]c(c1)c2c34. The van der Waals surface area contributed by atoms with E-state index in [-0.39, 0.29) is 0 Å². The molecule has 48 heavy (non-hydrogen) atoms. The molecule has 0 aliphatic carbocycles. The van der Waals surface area contributed by atoms with Gasteiger partial charge < -0.3 is 14.5 Å². The number of anilines is 3. The monoisotopic (exact) mass is 677 g/mol. The highest BCUT2D eigenvalue weighted by atomic mass is 79.9. The number of para-hydroxylation sites is 2. The van der Waals surface area contributed by atoms with E-state index < -0.39 is 0 Å². The van der Waals surface area contributed by atoms with Crippen LogP contribution in [0.4, 0.5) is 17.1 Å². The van der Waals surface area contributed by atoms with Crippen LogP contribution in [0.1, 0.15) is 0 Å². The van der Waals surface area contributed by atoms with Crippen molar-refractivity contribution in [2.24, 2.45) is 0 Å². The Kier molecular flexibility index (Phi) is 6.02. The molecule has 0 fully saturated rings. The molecule has 2 aromatic heterocycles. The highest BCUT2D eigenvalue weighted by Crippen LogP contribution is 2.44. The molecule has 2 heterocycles. The van der Waals surface area contributed by atoms with E-state index in [1.807, 2.05) is 0 Å². The van der Waals surface area contributed by atoms with E-state index in [1.54, 1.807) is 0 Å². The number of rotatable bonds is 5. The van der Waals surface area contributed by atoms with E-state index in [0.717, 1.165) is 38.3 Å². The summed E-state index contributed by atoms with van der Waals surface area (Å²) >= 11 is 3.71. The lowest BCUT2D eigenvalue weighted by Crippen LogP contribution is -2.10. The minimum absolute atomic E-state index is 1.08. The number of halogens is 1. The normalized spacial score (nSPS) is 11.9. The van der Waals surface area contributed by atoms with Gasteiger partial charge in [-0.15, -0.1) is 0 Å². The van der Waals surface area contributed by atoms with Crippen LogP contribution in [-0.2, 0) is 0 Å². The van der Waals surface area contributed by atoms with E-state index in [4.69, 9.17) is 0 Å². The van der Waals surface area contributed by atoms with Gasteiger partial charge in [0.25, 0.3) is 0 Å². The van der Waals surface area contributed by atoms with Crippen LogP contribution in [0.15, 0.2) is 168 Å². The summed E-state index contributed by atoms with van der Waals surface area (Å²) in [6, 6.07) is 59.3. The van der Waals surface area contributed by atoms with Crippen LogP contribution in [0.3, 0.4) is 0 Å². The molecule has 1 N–H and O–H groups in total. The largest absolute Gasteiger partial charge is 0.354 e. The average Bonchev–Trinajstić information content (AvgIpc) is 3.67. The van der Waals surface area contributed by atoms with E-state index >= 15 is 0 Å². The van der Waals surface area contributed by atoms with Crippen molar-refractivity contribution in [3.05, 3.63) is 168 Å². The Morgan fingerprint density at radius 3 is 1.88 bits per heavy atom. The molecule has 0 saturated carbocycles. The summed E-state index contributed by atoms with van der Waals surface area (Å²) in [7, 11) is 0. The van der Waals surface area contributed by atoms with Gasteiger partial charge in [0, 0.05) is 59.8 Å². The molecule has 0 bridgehead atoms. The lowest BCUT2D eigenvalue weighted by Gasteiger charge is -2.26. The molecule has 0 spiro atoms. The first kappa shape index (κ1) is 27.3. The summed E-state index contributed by atoms with van der Waals surface area (Å²) in [5, 5.41) is 7.49. The summed E-state index contributed by atoms with van der Waals surface area (Å²) in [5.41, 5.74) is 11.5. The topological polar surface area (TPSA) is 24.0 Å². The van der Waals surface area contributed by atoms with Crippen LogP contribution in [0.2, 0.25) is 0 Å². The zero-order valence-electron chi connectivity index (χ0n) is 25.9. The molecule has 10 rings (SSSR count). The minimum Gasteiger partial charge on any atom is -0.354 e. The van der Waals surface area contributed by atoms with Gasteiger partial charge in [-0.3, -0.25) is 0 Å². The van der Waals surface area contributed by atoms with Crippen LogP contribution >= 0.6 is 15.9 Å². The molecule has 0 atom stereocenters. The zero-order chi connectivity index (χ0) is 31.8. The van der Waals surface area contributed by atoms with E-state index in [1.165, 1.54) is 54.5 Å². The first-order valence-corrected chi connectivity index (χ1v) is 17.0. The van der Waals surface area contributed by atoms with E-state index in [0.29, 0.717) is 0 Å². The fourth-order valence-corrected chi connectivity index (χ4v) is 8.06. The molecule has 8 aromatic carbocycles. The van der Waals surface area contributed by atoms with Crippen LogP contribution in [0.25, 0.3) is 71.2 Å². The predicted molar refractivity (Wildman–Crippen MR) is 207 cm³/mol. The van der Waals surface area contributed by atoms with Gasteiger partial charge >= 0.3 is 0 Å². The van der Waals surface area contributed by atoms with Crippen molar-refractivity contribution in [3.8, 4) is 16.8 Å². The second kappa shape index (κ2) is 10.6. The molecule has 0 aliphatic rings. The Hall–Kier alpha value is -5.84. The van der Waals surface area contributed by atoms with Gasteiger partial charge in [-0.05, 0) is 88.6 Å². The summed E-state index contributed by atoms with van der Waals surface area (Å²) in [6.07, 6.45) is 0. The van der Waals surface area contributed by atoms with Gasteiger partial charge in [0.2, 0.25) is 0 Å². The second-order valence-electron chi connectivity index (χ2n) is 12.5. The fourth-order valence-electron chi connectivity index (χ4n) is 7.58. The van der Waals surface area contributed by atoms with Gasteiger partial charge in [-0.25, -0.2) is 0 Å². The molecule has 226 valence electrons. The number of nitrogens with one attached hydrogen (secondary N) is 1. The Balaban J connectivity index is 1.23. The number of aromatic nitrogens is 2. The summed E-state index contributed by atoms with van der Waals surface area (Å²) in [5.74, 6) is 0. The highest BCUT2D eigenvalue weighted by molar-refractivity contribution is 9.10. The number of nitrogens with zero attached hydrogens (tertiary/aromatic N) is 2. The molecule has 0 saturated heterocycles. The molecule has 0 unspecified atom stereocenters. The number of benzene rings is 8. The standard InChI is InChI=1S/C44H28BrN3/c45-32-23-30-15-16-31-24-36(26-40-44(31)43(30)39(25-32)46-40)47(34-19-17-29(18-20-34)28-9-3-1-4-10-28)35-21-22-38-37-13-7-8-14-41(37)48(42(38)27-35)33-11-5-2-6-12-33/h1-27,46H. The number of hydrogen-bond donors (Lipinski definition) is 1. The molecule has 0 amide bonds. The molecular weight excluding hydrogens is 650 g/mol. The zero-order valence-corrected chi connectivity index (χ0v) is 27.4. The van der Waals surface area contributed by atoms with E-state index in [9.17, 15) is 0 Å². The second-order valence-corrected chi connectivity index (χ2v) is 13.4. The summed E-state index contributed by atoms with van der Waals surface area (Å²) < 4.78 is 3.46. The molecular formula is C44H28BrN3. The molecule has 0 aliphatic heterocycles. The highest BCUT2D eigenvalue weighted by Gasteiger charge is 2.20. The van der Waals surface area contributed by atoms with Crippen LogP contribution < -0.4 is 4.90 Å². The maximum Gasteiger partial charge on any atom is 0.0561 e. The van der Waals surface area contributed by atoms with Crippen molar-refractivity contribution in [3.63, 3.8) is 0 Å². The average molecular weight is 679 g/mol. The first-order chi connectivity index (χ1) is 23.7. The Labute approximate surface area is 285 Å². The van der Waals surface area contributed by atoms with Gasteiger partial charge in [-0.2, -0.15) is 0 Å². The van der Waals surface area contributed by atoms with Crippen molar-refractivity contribution < 1.29 is 0 Å². The Bertz CT molecular complexity index is 2780. The Morgan fingerprint density at radius 2 is 1.08 bits per heavy atom. The van der Waals surface area contributed by atoms with Crippen molar-refractivity contribution in [2.75, 3.05) is 4.90 Å². The number of hydrogen-bond acceptors (Lipinski definition) is 1. The smallest absolute Gasteiger partial charge is 0.0561 e. The minimum atomic E-state index is 1.08. The maximum absolute atomic E-state index is 3.75. The quantitative estimate of drug-likeness (QED) is 0.180. The summed E-state index contributed by atoms with van der Waals surface area (Å²) in [4.78, 5) is 6.14. The van der Waals surface area contributed by atoms with E-state index in [2.05, 4.69) is 194 Å². The predicted octanol–water partition coefficient (Wildman–Crippen LogP) is 12.9. The van der Waals surface area contributed by atoms with Gasteiger partial charge in [0.15, 0.2) is 0 Å². The third-order valence-electron chi connectivity index (χ3n) is 9.67. The third-order valence-corrected chi connectivity index (χ3v) is 10.1. The number of aromatic amines is 1. The Morgan fingerprint density at radius 1 is 0.458 bits per heavy atom. The van der Waals surface area contributed by atoms with Gasteiger partial charge in [0.1, 0.15) is 0 Å². The lowest BCUT2D eigenvalue weighted by atomic mass is 10.0. The van der Waals surface area contributed by atoms with Crippen molar-refractivity contribution in [1.82, 2.24) is 9.55 Å². The third kappa shape index (κ3) is 4.20. The maximum atomic E-state index is 3.75. The first-order valence-electron chi connectivity index (χ1n) is 16.2. The lowest BCUT2D eigenvalue weighted by molar-refractivity contribution is 1.18. The summed E-state index contributed by atoms with van der Waals surface area (Å²) in [6.45, 7) is 0. The van der Waals surface area contributed by atoms with Gasteiger partial charge in [0.05, 0.1) is 11.0 Å². The molecule has 10 aromatic rings. The van der Waals surface area contributed by atoms with Crippen LogP contribution in [0.5, 0.6) is 0 Å². The van der Waals surface area contributed by atoms with Crippen molar-refractivity contribution in [2.45, 2.75) is 0 Å². The molecule has 0 radical (unpaired) electrons. The number of H-pyrrole nitrogens is 1. The van der Waals surface area contributed by atoms with Crippen molar-refractivity contribution in [1.29, 1.82) is 0 Å².